The van der Waals surface area contributed by atoms with Gasteiger partial charge in [0.25, 0.3) is 0 Å². The van der Waals surface area contributed by atoms with E-state index in [1.807, 2.05) is 0 Å². The smallest absolute Gasteiger partial charge is 1.00 e. The second-order valence-electron chi connectivity index (χ2n) is 3.40. The summed E-state index contributed by atoms with van der Waals surface area (Å²) in [6.45, 7) is 2.56. The van der Waals surface area contributed by atoms with Gasteiger partial charge >= 0.3 is 73.1 Å². The number of hydrogen-bond donors (Lipinski definition) is 0. The maximum atomic E-state index is 9.75. The van der Waals surface area contributed by atoms with Crippen molar-refractivity contribution in [3.8, 4) is 0 Å². The minimum atomic E-state index is -6.00. The van der Waals surface area contributed by atoms with Gasteiger partial charge in [0, 0.05) is 24.6 Å². The number of hydrogen-bond acceptors (Lipinski definition) is 2. The van der Waals surface area contributed by atoms with E-state index in [0.29, 0.717) is 0 Å². The van der Waals surface area contributed by atoms with Gasteiger partial charge in [-0.1, -0.05) is 0 Å². The van der Waals surface area contributed by atoms with Crippen LogP contribution < -0.4 is 51.4 Å². The normalized spacial score (nSPS) is 15.5. The Labute approximate surface area is 173 Å². The topological polar surface area (TPSA) is 3.24 Å². The van der Waals surface area contributed by atoms with Crippen LogP contribution in [0.4, 0.5) is 51.8 Å². The van der Waals surface area contributed by atoms with Crippen molar-refractivity contribution >= 4 is 33.5 Å². The van der Waals surface area contributed by atoms with Gasteiger partial charge in [0.1, 0.15) is 0 Å². The van der Waals surface area contributed by atoms with Crippen LogP contribution in [0.2, 0.25) is 0 Å². The summed E-state index contributed by atoms with van der Waals surface area (Å²) < 4.78 is 117. The van der Waals surface area contributed by atoms with Gasteiger partial charge < -0.3 is 58.1 Å². The Bertz CT molecular complexity index is 214. The van der Waals surface area contributed by atoms with Crippen LogP contribution in [0.25, 0.3) is 0 Å². The SMILES string of the molecule is CN1CCSCC1.F[B-](F)(F)F.F[B-](F)(F)F.F[B-](F)(F)F.[H-].[K+]. The molecule has 0 aromatic carbocycles. The Balaban J connectivity index is -0.0000000661. The minimum absolute atomic E-state index is 0. The molecule has 0 spiro atoms. The van der Waals surface area contributed by atoms with Crippen LogP contribution in [0.1, 0.15) is 1.43 Å². The Morgan fingerprint density at radius 2 is 0.826 bits per heavy atom. The van der Waals surface area contributed by atoms with Crippen LogP contribution >= 0.6 is 11.8 Å². The number of halogens is 12. The fraction of sp³-hybridized carbons (Fsp3) is 1.00. The molecule has 0 unspecified atom stereocenters. The van der Waals surface area contributed by atoms with Gasteiger partial charge in [0.05, 0.1) is 0 Å². The molecule has 18 heteroatoms. The van der Waals surface area contributed by atoms with Crippen molar-refractivity contribution in [2.45, 2.75) is 0 Å². The molecular formula is C5H12B3F12KNS-3. The predicted molar refractivity (Wildman–Crippen MR) is 66.5 cm³/mol. The molecule has 0 bridgehead atoms. The summed E-state index contributed by atoms with van der Waals surface area (Å²) in [4.78, 5) is 2.37. The average Bonchev–Trinajstić information content (AvgIpc) is 2.09. The molecular weight excluding hydrogens is 406 g/mol. The fourth-order valence-electron chi connectivity index (χ4n) is 0.655. The summed E-state index contributed by atoms with van der Waals surface area (Å²) in [5, 5.41) is 0. The Kier molecular flexibility index (Phi) is 21.6. The molecule has 23 heavy (non-hydrogen) atoms. The first kappa shape index (κ1) is 32.0. The van der Waals surface area contributed by atoms with Crippen LogP contribution in [0.15, 0.2) is 0 Å². The van der Waals surface area contributed by atoms with E-state index in [4.69, 9.17) is 0 Å². The van der Waals surface area contributed by atoms with Gasteiger partial charge in [-0.3, -0.25) is 0 Å². The van der Waals surface area contributed by atoms with Crippen molar-refractivity contribution in [1.82, 2.24) is 4.90 Å². The number of thioether (sulfide) groups is 1. The summed E-state index contributed by atoms with van der Waals surface area (Å²) in [7, 11) is -15.8. The summed E-state index contributed by atoms with van der Waals surface area (Å²) >= 11 is 2.06. The van der Waals surface area contributed by atoms with Crippen molar-refractivity contribution in [3.05, 3.63) is 0 Å². The first-order valence-corrected chi connectivity index (χ1v) is 6.43. The van der Waals surface area contributed by atoms with Crippen LogP contribution in [0.3, 0.4) is 0 Å². The van der Waals surface area contributed by atoms with E-state index in [-0.39, 0.29) is 52.8 Å². The fourth-order valence-corrected chi connectivity index (χ4v) is 1.74. The third-order valence-electron chi connectivity index (χ3n) is 1.23. The second-order valence-corrected chi connectivity index (χ2v) is 4.63. The molecule has 0 amide bonds. The molecule has 0 aromatic heterocycles. The summed E-state index contributed by atoms with van der Waals surface area (Å²) in [6.07, 6.45) is 0. The number of nitrogens with zero attached hydrogens (tertiary/aromatic N) is 1. The Morgan fingerprint density at radius 3 is 0.913 bits per heavy atom. The average molecular weight is 418 g/mol. The Hall–Kier alpha value is 1.30. The molecule has 0 aromatic rings. The maximum absolute atomic E-state index is 9.75. The predicted octanol–water partition coefficient (Wildman–Crippen LogP) is 1.68. The molecule has 1 saturated heterocycles. The summed E-state index contributed by atoms with van der Waals surface area (Å²) in [5.74, 6) is 2.66. The maximum Gasteiger partial charge on any atom is 1.00 e. The standard InChI is InChI=1S/C5H11NS.3BF4.K.H/c1-6-2-4-7-5-3-6;3*2-1(3,4)5;;/h2-5H2,1H3;;;;;/q;3*-1;+1;-1. The summed E-state index contributed by atoms with van der Waals surface area (Å²) in [5.41, 5.74) is 0. The zero-order valence-corrected chi connectivity index (χ0v) is 15.9. The molecule has 0 saturated carbocycles. The Morgan fingerprint density at radius 1 is 0.652 bits per heavy atom. The monoisotopic (exact) mass is 418 g/mol. The van der Waals surface area contributed by atoms with Crippen molar-refractivity contribution < 1.29 is 105 Å². The van der Waals surface area contributed by atoms with Gasteiger partial charge in [-0.25, -0.2) is 0 Å². The zero-order valence-electron chi connectivity index (χ0n) is 13.0. The third-order valence-corrected chi connectivity index (χ3v) is 2.18. The van der Waals surface area contributed by atoms with Crippen molar-refractivity contribution in [2.24, 2.45) is 0 Å². The third kappa shape index (κ3) is 122. The van der Waals surface area contributed by atoms with Crippen LogP contribution in [-0.2, 0) is 0 Å². The van der Waals surface area contributed by atoms with E-state index in [0.717, 1.165) is 0 Å². The van der Waals surface area contributed by atoms with Gasteiger partial charge in [0.2, 0.25) is 0 Å². The quantitative estimate of drug-likeness (QED) is 0.436. The molecule has 1 heterocycles. The van der Waals surface area contributed by atoms with Gasteiger partial charge in [0.15, 0.2) is 0 Å². The molecule has 0 radical (unpaired) electrons. The van der Waals surface area contributed by atoms with Crippen LogP contribution in [-0.4, -0.2) is 58.3 Å². The van der Waals surface area contributed by atoms with Gasteiger partial charge in [-0.05, 0) is 7.05 Å². The molecule has 140 valence electrons. The van der Waals surface area contributed by atoms with E-state index in [2.05, 4.69) is 23.7 Å². The molecule has 1 aliphatic heterocycles. The molecule has 1 nitrogen and oxygen atoms in total. The molecule has 0 N–H and O–H groups in total. The second kappa shape index (κ2) is 15.5. The zero-order chi connectivity index (χ0) is 18.6. The van der Waals surface area contributed by atoms with Crippen molar-refractivity contribution in [1.29, 1.82) is 0 Å². The van der Waals surface area contributed by atoms with E-state index in [1.165, 1.54) is 24.6 Å². The largest absolute Gasteiger partial charge is 1.00 e. The first-order valence-electron chi connectivity index (χ1n) is 5.28. The molecule has 1 aliphatic rings. The minimum Gasteiger partial charge on any atom is -1.00 e. The van der Waals surface area contributed by atoms with E-state index in [1.54, 1.807) is 0 Å². The van der Waals surface area contributed by atoms with E-state index in [9.17, 15) is 51.8 Å². The van der Waals surface area contributed by atoms with Gasteiger partial charge in [-0.2, -0.15) is 11.8 Å². The summed E-state index contributed by atoms with van der Waals surface area (Å²) in [6, 6.07) is 0. The van der Waals surface area contributed by atoms with Crippen molar-refractivity contribution in [2.75, 3.05) is 31.6 Å². The van der Waals surface area contributed by atoms with E-state index >= 15 is 0 Å². The van der Waals surface area contributed by atoms with E-state index < -0.39 is 21.8 Å². The molecule has 1 rings (SSSR count). The van der Waals surface area contributed by atoms with Gasteiger partial charge in [-0.15, -0.1) is 0 Å². The van der Waals surface area contributed by atoms with Crippen LogP contribution in [0, 0.1) is 0 Å². The van der Waals surface area contributed by atoms with Crippen LogP contribution in [0.5, 0.6) is 0 Å². The molecule has 0 atom stereocenters. The van der Waals surface area contributed by atoms with Crippen molar-refractivity contribution in [3.63, 3.8) is 0 Å². The first-order chi connectivity index (χ1) is 9.39. The number of rotatable bonds is 0. The molecule has 1 fully saturated rings. The molecule has 0 aliphatic carbocycles.